The predicted octanol–water partition coefficient (Wildman–Crippen LogP) is 2.99. The molecule has 0 saturated carbocycles. The molecule has 0 aliphatic rings. The van der Waals surface area contributed by atoms with Gasteiger partial charge in [-0.3, -0.25) is 0 Å². The molecule has 1 atom stereocenters. The molecule has 2 aromatic rings. The van der Waals surface area contributed by atoms with E-state index in [4.69, 9.17) is 4.74 Å². The first kappa shape index (κ1) is 11.3. The molecule has 3 nitrogen and oxygen atoms in total. The van der Waals surface area contributed by atoms with Crippen molar-refractivity contribution < 1.29 is 4.74 Å². The topological polar surface area (TPSA) is 48.8 Å². The van der Waals surface area contributed by atoms with E-state index in [2.05, 4.69) is 11.1 Å². The monoisotopic (exact) mass is 226 g/mol. The highest BCUT2D eigenvalue weighted by Crippen LogP contribution is 2.27. The number of methoxy groups -OCH3 is 1. The van der Waals surface area contributed by atoms with Crippen molar-refractivity contribution in [3.8, 4) is 11.8 Å². The van der Waals surface area contributed by atoms with Crippen molar-refractivity contribution in [1.82, 2.24) is 4.98 Å². The molecule has 0 saturated heterocycles. The fourth-order valence-corrected chi connectivity index (χ4v) is 1.94. The number of ether oxygens (including phenoxy) is 1. The van der Waals surface area contributed by atoms with Crippen molar-refractivity contribution in [3.63, 3.8) is 0 Å². The van der Waals surface area contributed by atoms with Crippen LogP contribution in [0.4, 0.5) is 0 Å². The maximum Gasteiger partial charge on any atom is 0.121 e. The van der Waals surface area contributed by atoms with Gasteiger partial charge in [0.05, 0.1) is 19.1 Å². The average Bonchev–Trinajstić information content (AvgIpc) is 2.84. The van der Waals surface area contributed by atoms with E-state index in [1.807, 2.05) is 43.6 Å². The second kappa shape index (κ2) is 4.75. The van der Waals surface area contributed by atoms with Crippen molar-refractivity contribution in [2.24, 2.45) is 0 Å². The van der Waals surface area contributed by atoms with Gasteiger partial charge in [-0.2, -0.15) is 5.26 Å². The molecule has 17 heavy (non-hydrogen) atoms. The normalized spacial score (nSPS) is 11.8. The van der Waals surface area contributed by atoms with E-state index in [1.54, 1.807) is 7.11 Å². The minimum atomic E-state index is -0.231. The lowest BCUT2D eigenvalue weighted by Crippen LogP contribution is -1.98. The van der Waals surface area contributed by atoms with E-state index in [0.29, 0.717) is 0 Å². The molecule has 1 aromatic carbocycles. The van der Waals surface area contributed by atoms with Crippen LogP contribution in [-0.2, 0) is 0 Å². The van der Waals surface area contributed by atoms with Gasteiger partial charge in [-0.25, -0.2) is 0 Å². The first-order valence-electron chi connectivity index (χ1n) is 5.43. The molecule has 1 heterocycles. The number of rotatable bonds is 3. The summed E-state index contributed by atoms with van der Waals surface area (Å²) in [7, 11) is 1.65. The number of aromatic nitrogens is 1. The van der Waals surface area contributed by atoms with E-state index in [0.717, 1.165) is 22.4 Å². The lowest BCUT2D eigenvalue weighted by molar-refractivity contribution is 0.411. The number of benzene rings is 1. The third-order valence-corrected chi connectivity index (χ3v) is 2.84. The van der Waals surface area contributed by atoms with Crippen molar-refractivity contribution >= 4 is 0 Å². The van der Waals surface area contributed by atoms with Crippen LogP contribution < -0.4 is 4.74 Å². The standard InChI is InChI=1S/C14H14N2O/c1-10-7-11(3-4-14(10)17-2)13(8-15)12-5-6-16-9-12/h3-7,9,13,16H,1-2H3. The number of aryl methyl sites for hydroxylation is 1. The summed E-state index contributed by atoms with van der Waals surface area (Å²) in [5, 5.41) is 9.27. The molecule has 1 aromatic heterocycles. The van der Waals surface area contributed by atoms with Crippen LogP contribution >= 0.6 is 0 Å². The van der Waals surface area contributed by atoms with Gasteiger partial charge in [0.1, 0.15) is 5.75 Å². The molecular weight excluding hydrogens is 212 g/mol. The zero-order valence-corrected chi connectivity index (χ0v) is 9.90. The molecule has 0 aliphatic heterocycles. The maximum atomic E-state index is 9.27. The molecule has 1 N–H and O–H groups in total. The number of nitrogens with zero attached hydrogens (tertiary/aromatic N) is 1. The van der Waals surface area contributed by atoms with E-state index in [-0.39, 0.29) is 5.92 Å². The summed E-state index contributed by atoms with van der Waals surface area (Å²) in [6.45, 7) is 1.98. The number of nitrogens with one attached hydrogen (secondary N) is 1. The Bertz CT molecular complexity index is 538. The Kier molecular flexibility index (Phi) is 3.15. The molecule has 0 radical (unpaired) electrons. The summed E-state index contributed by atoms with van der Waals surface area (Å²) in [4.78, 5) is 2.98. The summed E-state index contributed by atoms with van der Waals surface area (Å²) < 4.78 is 5.21. The maximum absolute atomic E-state index is 9.27. The van der Waals surface area contributed by atoms with Gasteiger partial charge in [0, 0.05) is 12.4 Å². The summed E-state index contributed by atoms with van der Waals surface area (Å²) >= 11 is 0. The average molecular weight is 226 g/mol. The SMILES string of the molecule is COc1ccc(C(C#N)c2cc[nH]c2)cc1C. The molecule has 86 valence electrons. The number of H-pyrrole nitrogens is 1. The smallest absolute Gasteiger partial charge is 0.121 e. The van der Waals surface area contributed by atoms with E-state index in [1.165, 1.54) is 0 Å². The Hall–Kier alpha value is -2.21. The first-order valence-corrected chi connectivity index (χ1v) is 5.43. The fraction of sp³-hybridized carbons (Fsp3) is 0.214. The Morgan fingerprint density at radius 1 is 1.29 bits per heavy atom. The number of nitriles is 1. The minimum absolute atomic E-state index is 0.231. The van der Waals surface area contributed by atoms with E-state index >= 15 is 0 Å². The number of aromatic amines is 1. The highest BCUT2D eigenvalue weighted by Gasteiger charge is 2.14. The van der Waals surface area contributed by atoms with Gasteiger partial charge in [-0.15, -0.1) is 0 Å². The molecular formula is C14H14N2O. The summed E-state index contributed by atoms with van der Waals surface area (Å²) in [6.07, 6.45) is 3.68. The zero-order valence-electron chi connectivity index (χ0n) is 9.90. The van der Waals surface area contributed by atoms with Crippen LogP contribution in [0.25, 0.3) is 0 Å². The van der Waals surface area contributed by atoms with Crippen LogP contribution in [0.3, 0.4) is 0 Å². The minimum Gasteiger partial charge on any atom is -0.496 e. The molecule has 0 bridgehead atoms. The second-order valence-corrected chi connectivity index (χ2v) is 3.94. The Balaban J connectivity index is 2.40. The predicted molar refractivity (Wildman–Crippen MR) is 66.0 cm³/mol. The quantitative estimate of drug-likeness (QED) is 0.874. The third-order valence-electron chi connectivity index (χ3n) is 2.84. The van der Waals surface area contributed by atoms with Crippen molar-refractivity contribution in [2.45, 2.75) is 12.8 Å². The molecule has 3 heteroatoms. The lowest BCUT2D eigenvalue weighted by Gasteiger charge is -2.11. The van der Waals surface area contributed by atoms with Crippen LogP contribution in [0, 0.1) is 18.3 Å². The Morgan fingerprint density at radius 3 is 2.65 bits per heavy atom. The van der Waals surface area contributed by atoms with Crippen LogP contribution in [-0.4, -0.2) is 12.1 Å². The van der Waals surface area contributed by atoms with Crippen LogP contribution in [0.2, 0.25) is 0 Å². The van der Waals surface area contributed by atoms with Crippen LogP contribution in [0.5, 0.6) is 5.75 Å². The molecule has 0 spiro atoms. The molecule has 0 amide bonds. The Morgan fingerprint density at radius 2 is 2.12 bits per heavy atom. The van der Waals surface area contributed by atoms with E-state index < -0.39 is 0 Å². The second-order valence-electron chi connectivity index (χ2n) is 3.94. The summed E-state index contributed by atoms with van der Waals surface area (Å²) in [5.74, 6) is 0.616. The van der Waals surface area contributed by atoms with Gasteiger partial charge in [-0.05, 0) is 35.7 Å². The van der Waals surface area contributed by atoms with Gasteiger partial charge in [0.2, 0.25) is 0 Å². The molecule has 2 rings (SSSR count). The lowest BCUT2D eigenvalue weighted by atomic mass is 9.93. The Labute approximate surface area is 101 Å². The van der Waals surface area contributed by atoms with Crippen LogP contribution in [0.1, 0.15) is 22.6 Å². The molecule has 1 unspecified atom stereocenters. The first-order chi connectivity index (χ1) is 8.26. The third kappa shape index (κ3) is 2.16. The van der Waals surface area contributed by atoms with Gasteiger partial charge < -0.3 is 9.72 Å². The van der Waals surface area contributed by atoms with Crippen molar-refractivity contribution in [1.29, 1.82) is 5.26 Å². The van der Waals surface area contributed by atoms with Crippen LogP contribution in [0.15, 0.2) is 36.7 Å². The number of hydrogen-bond donors (Lipinski definition) is 1. The van der Waals surface area contributed by atoms with Gasteiger partial charge in [0.25, 0.3) is 0 Å². The molecule has 0 fully saturated rings. The summed E-state index contributed by atoms with van der Waals surface area (Å²) in [5.41, 5.74) is 3.02. The van der Waals surface area contributed by atoms with Gasteiger partial charge >= 0.3 is 0 Å². The number of hydrogen-bond acceptors (Lipinski definition) is 2. The fourth-order valence-electron chi connectivity index (χ4n) is 1.94. The van der Waals surface area contributed by atoms with Crippen molar-refractivity contribution in [2.75, 3.05) is 7.11 Å². The molecule has 0 aliphatic carbocycles. The highest BCUT2D eigenvalue weighted by atomic mass is 16.5. The van der Waals surface area contributed by atoms with Crippen molar-refractivity contribution in [3.05, 3.63) is 53.3 Å². The summed E-state index contributed by atoms with van der Waals surface area (Å²) in [6, 6.07) is 10.1. The largest absolute Gasteiger partial charge is 0.496 e. The van der Waals surface area contributed by atoms with Gasteiger partial charge in [-0.1, -0.05) is 12.1 Å². The van der Waals surface area contributed by atoms with E-state index in [9.17, 15) is 5.26 Å². The highest BCUT2D eigenvalue weighted by molar-refractivity contribution is 5.43. The zero-order chi connectivity index (χ0) is 12.3. The van der Waals surface area contributed by atoms with Gasteiger partial charge in [0.15, 0.2) is 0 Å².